The molecule has 0 aliphatic carbocycles. The first-order valence-electron chi connectivity index (χ1n) is 6.84. The van der Waals surface area contributed by atoms with Crippen molar-refractivity contribution in [2.24, 2.45) is 0 Å². The average molecular weight is 379 g/mol. The molecule has 0 aliphatic rings. The van der Waals surface area contributed by atoms with Gasteiger partial charge in [0.2, 0.25) is 0 Å². The van der Waals surface area contributed by atoms with Crippen LogP contribution in [0.3, 0.4) is 0 Å². The summed E-state index contributed by atoms with van der Waals surface area (Å²) in [5.74, 6) is 0.787. The molecule has 0 radical (unpaired) electrons. The Kier molecular flexibility index (Phi) is 4.61. The van der Waals surface area contributed by atoms with Crippen LogP contribution in [-0.4, -0.2) is 18.4 Å². The van der Waals surface area contributed by atoms with Gasteiger partial charge in [0.1, 0.15) is 10.8 Å². The minimum Gasteiger partial charge on any atom is -0.468 e. The highest BCUT2D eigenvalue weighted by molar-refractivity contribution is 9.10. The third-order valence-corrected chi connectivity index (χ3v) is 4.87. The molecule has 0 unspecified atom stereocenters. The Morgan fingerprint density at radius 3 is 2.86 bits per heavy atom. The highest BCUT2D eigenvalue weighted by Gasteiger charge is 2.09. The van der Waals surface area contributed by atoms with Gasteiger partial charge in [-0.3, -0.25) is 0 Å². The van der Waals surface area contributed by atoms with Crippen LogP contribution >= 0.6 is 27.3 Å². The molecule has 0 spiro atoms. The van der Waals surface area contributed by atoms with E-state index in [0.717, 1.165) is 36.7 Å². The van der Waals surface area contributed by atoms with Crippen LogP contribution in [0.2, 0.25) is 0 Å². The van der Waals surface area contributed by atoms with Gasteiger partial charge in [-0.25, -0.2) is 4.98 Å². The lowest BCUT2D eigenvalue weighted by Crippen LogP contribution is -2.01. The number of hydrogen-bond acceptors (Lipinski definition) is 5. The van der Waals surface area contributed by atoms with Crippen LogP contribution in [0, 0.1) is 0 Å². The number of rotatable bonds is 5. The molecule has 1 heterocycles. The molecule has 22 heavy (non-hydrogen) atoms. The van der Waals surface area contributed by atoms with Gasteiger partial charge in [0.25, 0.3) is 0 Å². The predicted octanol–water partition coefficient (Wildman–Crippen LogP) is 4.68. The fraction of sp³-hybridized carbons (Fsp3) is 0.188. The average Bonchev–Trinajstić information content (AvgIpc) is 2.93. The van der Waals surface area contributed by atoms with Crippen LogP contribution in [-0.2, 0) is 4.74 Å². The summed E-state index contributed by atoms with van der Waals surface area (Å²) < 4.78 is 12.7. The van der Waals surface area contributed by atoms with E-state index in [-0.39, 0.29) is 6.79 Å². The Bertz CT molecular complexity index is 804. The molecule has 0 amide bonds. The number of hydrogen-bond donors (Lipinski definition) is 1. The number of ether oxygens (including phenoxy) is 2. The molecular weight excluding hydrogens is 364 g/mol. The van der Waals surface area contributed by atoms with Crippen LogP contribution in [0.1, 0.15) is 6.92 Å². The second-order valence-electron chi connectivity index (χ2n) is 4.64. The molecule has 0 bridgehead atoms. The van der Waals surface area contributed by atoms with Crippen molar-refractivity contribution in [2.75, 3.05) is 19.1 Å². The zero-order chi connectivity index (χ0) is 15.5. The topological polar surface area (TPSA) is 57.4 Å². The fourth-order valence-electron chi connectivity index (χ4n) is 1.97. The summed E-state index contributed by atoms with van der Waals surface area (Å²) in [6, 6.07) is 11.7. The van der Waals surface area contributed by atoms with E-state index in [4.69, 9.17) is 15.2 Å². The third kappa shape index (κ3) is 3.24. The predicted molar refractivity (Wildman–Crippen MR) is 94.3 cm³/mol. The molecule has 2 aromatic carbocycles. The quantitative estimate of drug-likeness (QED) is 0.397. The van der Waals surface area contributed by atoms with Crippen LogP contribution in [0.4, 0.5) is 5.69 Å². The summed E-state index contributed by atoms with van der Waals surface area (Å²) in [4.78, 5) is 4.66. The number of fused-ring (bicyclic) bond motifs is 1. The molecular formula is C16H15BrN2O2S. The maximum Gasteiger partial charge on any atom is 0.189 e. The van der Waals surface area contributed by atoms with Gasteiger partial charge in [-0.2, -0.15) is 0 Å². The van der Waals surface area contributed by atoms with Crippen molar-refractivity contribution in [1.82, 2.24) is 4.98 Å². The van der Waals surface area contributed by atoms with Crippen LogP contribution in [0.5, 0.6) is 5.75 Å². The number of aromatic nitrogens is 1. The van der Waals surface area contributed by atoms with Gasteiger partial charge in [0.15, 0.2) is 6.79 Å². The summed E-state index contributed by atoms with van der Waals surface area (Å²) in [7, 11) is 0. The van der Waals surface area contributed by atoms with E-state index in [9.17, 15) is 0 Å². The minimum absolute atomic E-state index is 0.262. The zero-order valence-electron chi connectivity index (χ0n) is 12.0. The molecule has 0 saturated carbocycles. The van der Waals surface area contributed by atoms with Crippen molar-refractivity contribution < 1.29 is 9.47 Å². The normalized spacial score (nSPS) is 11.0. The monoisotopic (exact) mass is 378 g/mol. The Labute approximate surface area is 141 Å². The number of thiazole rings is 1. The molecule has 1 aromatic heterocycles. The number of nitrogens with two attached hydrogens (primary N) is 1. The lowest BCUT2D eigenvalue weighted by atomic mass is 10.2. The van der Waals surface area contributed by atoms with Gasteiger partial charge >= 0.3 is 0 Å². The molecule has 3 rings (SSSR count). The first-order chi connectivity index (χ1) is 10.7. The van der Waals surface area contributed by atoms with E-state index in [1.807, 2.05) is 43.3 Å². The number of halogens is 1. The standard InChI is InChI=1S/C16H15BrN2O2S/c1-2-20-9-21-11-4-6-14-15(8-11)22-16(19-14)10-3-5-13(18)12(17)7-10/h3-8H,2,9,18H2,1H3. The van der Waals surface area contributed by atoms with Gasteiger partial charge < -0.3 is 15.2 Å². The van der Waals surface area contributed by atoms with Gasteiger partial charge in [0.05, 0.1) is 10.2 Å². The van der Waals surface area contributed by atoms with Crippen molar-refractivity contribution >= 4 is 43.2 Å². The van der Waals surface area contributed by atoms with E-state index in [1.165, 1.54) is 0 Å². The number of anilines is 1. The summed E-state index contributed by atoms with van der Waals surface area (Å²) >= 11 is 5.08. The molecule has 114 valence electrons. The van der Waals surface area contributed by atoms with Crippen LogP contribution in [0.25, 0.3) is 20.8 Å². The van der Waals surface area contributed by atoms with Gasteiger partial charge in [0, 0.05) is 22.3 Å². The summed E-state index contributed by atoms with van der Waals surface area (Å²) in [6.45, 7) is 2.84. The Hall–Kier alpha value is -1.63. The maximum absolute atomic E-state index is 5.83. The first kappa shape index (κ1) is 15.3. The second-order valence-corrected chi connectivity index (χ2v) is 6.52. The van der Waals surface area contributed by atoms with Crippen molar-refractivity contribution in [1.29, 1.82) is 0 Å². The largest absolute Gasteiger partial charge is 0.468 e. The Morgan fingerprint density at radius 2 is 2.09 bits per heavy atom. The minimum atomic E-state index is 0.262. The molecule has 3 aromatic rings. The second kappa shape index (κ2) is 6.64. The van der Waals surface area contributed by atoms with Crippen LogP contribution < -0.4 is 10.5 Å². The Balaban J connectivity index is 1.90. The molecule has 2 N–H and O–H groups in total. The van der Waals surface area contributed by atoms with E-state index in [1.54, 1.807) is 11.3 Å². The number of nitrogen functional groups attached to an aromatic ring is 1. The molecule has 0 aliphatic heterocycles. The highest BCUT2D eigenvalue weighted by atomic mass is 79.9. The highest BCUT2D eigenvalue weighted by Crippen LogP contribution is 2.34. The third-order valence-electron chi connectivity index (χ3n) is 3.12. The molecule has 0 fully saturated rings. The SMILES string of the molecule is CCOCOc1ccc2nc(-c3ccc(N)c(Br)c3)sc2c1. The van der Waals surface area contributed by atoms with E-state index in [2.05, 4.69) is 20.9 Å². The van der Waals surface area contributed by atoms with E-state index in [0.29, 0.717) is 6.61 Å². The van der Waals surface area contributed by atoms with Crippen molar-refractivity contribution in [3.63, 3.8) is 0 Å². The smallest absolute Gasteiger partial charge is 0.189 e. The summed E-state index contributed by atoms with van der Waals surface area (Å²) in [5, 5.41) is 0.956. The molecule has 0 saturated heterocycles. The fourth-order valence-corrected chi connectivity index (χ4v) is 3.34. The lowest BCUT2D eigenvalue weighted by molar-refractivity contribution is 0.0225. The zero-order valence-corrected chi connectivity index (χ0v) is 14.4. The molecule has 4 nitrogen and oxygen atoms in total. The lowest BCUT2D eigenvalue weighted by Gasteiger charge is -2.04. The van der Waals surface area contributed by atoms with Gasteiger partial charge in [-0.1, -0.05) is 0 Å². The number of nitrogens with zero attached hydrogens (tertiary/aromatic N) is 1. The van der Waals surface area contributed by atoms with E-state index < -0.39 is 0 Å². The van der Waals surface area contributed by atoms with Gasteiger partial charge in [-0.15, -0.1) is 11.3 Å². The van der Waals surface area contributed by atoms with Crippen LogP contribution in [0.15, 0.2) is 40.9 Å². The van der Waals surface area contributed by atoms with Crippen molar-refractivity contribution in [3.05, 3.63) is 40.9 Å². The maximum atomic E-state index is 5.83. The van der Waals surface area contributed by atoms with Gasteiger partial charge in [-0.05, 0) is 59.3 Å². The molecule has 0 atom stereocenters. The number of benzene rings is 2. The van der Waals surface area contributed by atoms with Crippen molar-refractivity contribution in [3.8, 4) is 16.3 Å². The van der Waals surface area contributed by atoms with Crippen molar-refractivity contribution in [2.45, 2.75) is 6.92 Å². The molecule has 6 heteroatoms. The Morgan fingerprint density at radius 1 is 1.23 bits per heavy atom. The summed E-state index contributed by atoms with van der Waals surface area (Å²) in [6.07, 6.45) is 0. The van der Waals surface area contributed by atoms with E-state index >= 15 is 0 Å². The summed E-state index contributed by atoms with van der Waals surface area (Å²) in [5.41, 5.74) is 8.54. The first-order valence-corrected chi connectivity index (χ1v) is 8.45.